The number of carbonyl (C=O) groups excluding carboxylic acids is 2. The smallest absolute Gasteiger partial charge is 0.342 e. The number of ether oxygens (including phenoxy) is 2. The van der Waals surface area contributed by atoms with Crippen LogP contribution in [-0.2, 0) is 9.53 Å². The maximum absolute atomic E-state index is 12.2. The van der Waals surface area contributed by atoms with Crippen LogP contribution >= 0.6 is 11.8 Å². The number of aryl methyl sites for hydroxylation is 1. The van der Waals surface area contributed by atoms with E-state index in [0.29, 0.717) is 5.69 Å². The summed E-state index contributed by atoms with van der Waals surface area (Å²) in [4.78, 5) is 35.2. The Morgan fingerprint density at radius 1 is 1.29 bits per heavy atom. The minimum atomic E-state index is -0.923. The van der Waals surface area contributed by atoms with E-state index in [0.717, 1.165) is 28.3 Å². The van der Waals surface area contributed by atoms with Crippen molar-refractivity contribution < 1.29 is 24.0 Å². The lowest BCUT2D eigenvalue weighted by Gasteiger charge is -2.11. The number of thioether (sulfide) groups is 1. The molecule has 0 saturated carbocycles. The van der Waals surface area contributed by atoms with E-state index in [1.165, 1.54) is 19.2 Å². The van der Waals surface area contributed by atoms with Gasteiger partial charge in [0, 0.05) is 22.7 Å². The number of nitro groups is 1. The topological polar surface area (TPSA) is 132 Å². The van der Waals surface area contributed by atoms with Crippen molar-refractivity contribution in [3.8, 4) is 11.2 Å². The van der Waals surface area contributed by atoms with Crippen molar-refractivity contribution in [2.45, 2.75) is 11.8 Å². The number of nitro benzene ring substituents is 1. The average molecular weight is 401 g/mol. The van der Waals surface area contributed by atoms with Crippen LogP contribution in [0.4, 0.5) is 11.4 Å². The quantitative estimate of drug-likeness (QED) is 0.246. The molecule has 0 bridgehead atoms. The summed E-state index contributed by atoms with van der Waals surface area (Å²) in [7, 11) is 1.31. The molecule has 2 aromatic rings. The number of hydrogen-bond acceptors (Lipinski definition) is 8. The molecule has 1 amide bonds. The molecule has 0 aliphatic carbocycles. The van der Waals surface area contributed by atoms with Gasteiger partial charge in [0.05, 0.1) is 12.0 Å². The van der Waals surface area contributed by atoms with Gasteiger partial charge in [-0.15, -0.1) is 0 Å². The van der Waals surface area contributed by atoms with E-state index in [1.807, 2.05) is 5.40 Å². The first-order chi connectivity index (χ1) is 13.3. The SMILES string of the molecule is COc1ccc([N+](=O)[O-])cc1C(=O)OCC(=O)Nc1ccc(SC#N)cc1C. The molecule has 2 rings (SSSR count). The number of hydrogen-bond donors (Lipinski definition) is 1. The second-order valence-electron chi connectivity index (χ2n) is 5.44. The number of thiocyanates is 1. The zero-order chi connectivity index (χ0) is 20.7. The van der Waals surface area contributed by atoms with Gasteiger partial charge in [-0.05, 0) is 48.5 Å². The van der Waals surface area contributed by atoms with E-state index in [-0.39, 0.29) is 17.0 Å². The van der Waals surface area contributed by atoms with Crippen molar-refractivity contribution >= 4 is 35.0 Å². The van der Waals surface area contributed by atoms with Crippen LogP contribution in [0.5, 0.6) is 5.75 Å². The van der Waals surface area contributed by atoms with Crippen LogP contribution in [0.1, 0.15) is 15.9 Å². The highest BCUT2D eigenvalue weighted by Crippen LogP contribution is 2.25. The zero-order valence-corrected chi connectivity index (χ0v) is 15.7. The molecule has 144 valence electrons. The van der Waals surface area contributed by atoms with E-state index in [1.54, 1.807) is 25.1 Å². The van der Waals surface area contributed by atoms with Gasteiger partial charge in [-0.2, -0.15) is 5.26 Å². The lowest BCUT2D eigenvalue weighted by atomic mass is 10.2. The van der Waals surface area contributed by atoms with Crippen molar-refractivity contribution in [1.82, 2.24) is 0 Å². The van der Waals surface area contributed by atoms with E-state index >= 15 is 0 Å². The summed E-state index contributed by atoms with van der Waals surface area (Å²) in [5.41, 5.74) is 0.790. The van der Waals surface area contributed by atoms with Crippen LogP contribution in [0.2, 0.25) is 0 Å². The molecular formula is C18H15N3O6S. The first-order valence-electron chi connectivity index (χ1n) is 7.81. The van der Waals surface area contributed by atoms with Crippen LogP contribution < -0.4 is 10.1 Å². The molecule has 10 heteroatoms. The van der Waals surface area contributed by atoms with Gasteiger partial charge in [0.2, 0.25) is 0 Å². The van der Waals surface area contributed by atoms with Crippen LogP contribution in [-0.4, -0.2) is 30.5 Å². The lowest BCUT2D eigenvalue weighted by Crippen LogP contribution is -2.21. The van der Waals surface area contributed by atoms with Gasteiger partial charge in [-0.3, -0.25) is 14.9 Å². The Morgan fingerprint density at radius 2 is 2.04 bits per heavy atom. The maximum Gasteiger partial charge on any atom is 0.342 e. The van der Waals surface area contributed by atoms with Gasteiger partial charge < -0.3 is 14.8 Å². The first kappa shape index (κ1) is 20.7. The normalized spacial score (nSPS) is 9.89. The molecule has 0 atom stereocenters. The van der Waals surface area contributed by atoms with Crippen molar-refractivity contribution in [2.75, 3.05) is 19.0 Å². The lowest BCUT2D eigenvalue weighted by molar-refractivity contribution is -0.384. The molecule has 0 aliphatic heterocycles. The molecule has 1 N–H and O–H groups in total. The highest BCUT2D eigenvalue weighted by molar-refractivity contribution is 8.03. The number of esters is 1. The Balaban J connectivity index is 2.03. The fourth-order valence-corrected chi connectivity index (χ4v) is 2.73. The largest absolute Gasteiger partial charge is 0.496 e. The highest BCUT2D eigenvalue weighted by Gasteiger charge is 2.20. The summed E-state index contributed by atoms with van der Waals surface area (Å²) in [5, 5.41) is 24.1. The number of methoxy groups -OCH3 is 1. The number of non-ortho nitro benzene ring substituents is 1. The summed E-state index contributed by atoms with van der Waals surface area (Å²) >= 11 is 0.999. The van der Waals surface area contributed by atoms with Crippen molar-refractivity contribution in [2.24, 2.45) is 0 Å². The number of carbonyl (C=O) groups is 2. The molecule has 0 unspecified atom stereocenters. The number of amides is 1. The highest BCUT2D eigenvalue weighted by atomic mass is 32.2. The van der Waals surface area contributed by atoms with Gasteiger partial charge >= 0.3 is 5.97 Å². The van der Waals surface area contributed by atoms with E-state index < -0.39 is 23.4 Å². The summed E-state index contributed by atoms with van der Waals surface area (Å²) in [6.07, 6.45) is 0. The van der Waals surface area contributed by atoms with Gasteiger partial charge in [-0.25, -0.2) is 4.79 Å². The van der Waals surface area contributed by atoms with Gasteiger partial charge in [0.25, 0.3) is 11.6 Å². The molecule has 0 aliphatic rings. The summed E-state index contributed by atoms with van der Waals surface area (Å²) in [5.74, 6) is -1.41. The predicted molar refractivity (Wildman–Crippen MR) is 101 cm³/mol. The van der Waals surface area contributed by atoms with Crippen LogP contribution in [0, 0.1) is 27.7 Å². The van der Waals surface area contributed by atoms with Crippen molar-refractivity contribution in [3.63, 3.8) is 0 Å². The summed E-state index contributed by atoms with van der Waals surface area (Å²) in [6, 6.07) is 8.55. The first-order valence-corrected chi connectivity index (χ1v) is 8.63. The Kier molecular flexibility index (Phi) is 6.95. The second kappa shape index (κ2) is 9.38. The minimum Gasteiger partial charge on any atom is -0.496 e. The van der Waals surface area contributed by atoms with Crippen molar-refractivity contribution in [3.05, 3.63) is 57.6 Å². The molecule has 0 radical (unpaired) electrons. The number of nitrogens with one attached hydrogen (secondary N) is 1. The van der Waals surface area contributed by atoms with E-state index in [4.69, 9.17) is 14.7 Å². The molecule has 28 heavy (non-hydrogen) atoms. The fourth-order valence-electron chi connectivity index (χ4n) is 2.26. The third-order valence-electron chi connectivity index (χ3n) is 3.58. The molecule has 9 nitrogen and oxygen atoms in total. The average Bonchev–Trinajstić information content (AvgIpc) is 2.67. The van der Waals surface area contributed by atoms with Gasteiger partial charge in [0.1, 0.15) is 16.7 Å². The second-order valence-corrected chi connectivity index (χ2v) is 6.29. The molecule has 0 saturated heterocycles. The summed E-state index contributed by atoms with van der Waals surface area (Å²) in [6.45, 7) is 1.18. The zero-order valence-electron chi connectivity index (χ0n) is 14.9. The number of anilines is 1. The van der Waals surface area contributed by atoms with E-state index in [9.17, 15) is 19.7 Å². The maximum atomic E-state index is 12.2. The Morgan fingerprint density at radius 3 is 2.64 bits per heavy atom. The molecular weight excluding hydrogens is 386 g/mol. The molecule has 0 heterocycles. The third kappa shape index (κ3) is 5.21. The number of benzene rings is 2. The van der Waals surface area contributed by atoms with Gasteiger partial charge in [0.15, 0.2) is 6.61 Å². The third-order valence-corrected chi connectivity index (χ3v) is 4.16. The molecule has 0 spiro atoms. The van der Waals surface area contributed by atoms with Crippen LogP contribution in [0.3, 0.4) is 0 Å². The van der Waals surface area contributed by atoms with Crippen LogP contribution in [0.25, 0.3) is 0 Å². The van der Waals surface area contributed by atoms with E-state index in [2.05, 4.69) is 5.32 Å². The molecule has 0 fully saturated rings. The van der Waals surface area contributed by atoms with Crippen molar-refractivity contribution in [1.29, 1.82) is 5.26 Å². The molecule has 0 aromatic heterocycles. The Bertz CT molecular complexity index is 970. The monoisotopic (exact) mass is 401 g/mol. The Hall–Kier alpha value is -3.58. The Labute approximate surface area is 164 Å². The number of rotatable bonds is 7. The predicted octanol–water partition coefficient (Wildman–Crippen LogP) is 3.28. The van der Waals surface area contributed by atoms with Crippen LogP contribution in [0.15, 0.2) is 41.3 Å². The summed E-state index contributed by atoms with van der Waals surface area (Å²) < 4.78 is 9.94. The van der Waals surface area contributed by atoms with Gasteiger partial charge in [-0.1, -0.05) is 0 Å². The number of nitriles is 1. The molecule has 2 aromatic carbocycles. The minimum absolute atomic E-state index is 0.0948. The number of nitrogens with zero attached hydrogens (tertiary/aromatic N) is 2. The fraction of sp³-hybridized carbons (Fsp3) is 0.167. The standard InChI is InChI=1S/C18H15N3O6S/c1-11-7-13(28-10-19)4-5-15(11)20-17(22)9-27-18(23)14-8-12(21(24)25)3-6-16(14)26-2/h3-8H,9H2,1-2H3,(H,20,22).